The Bertz CT molecular complexity index is 377. The predicted molar refractivity (Wildman–Crippen MR) is 62.3 cm³/mol. The van der Waals surface area contributed by atoms with E-state index in [-0.39, 0.29) is 0 Å². The highest BCUT2D eigenvalue weighted by atomic mass is 16.5. The Hall–Kier alpha value is -1.71. The zero-order valence-electron chi connectivity index (χ0n) is 9.04. The quantitative estimate of drug-likeness (QED) is 0.444. The second-order valence-corrected chi connectivity index (χ2v) is 3.65. The van der Waals surface area contributed by atoms with E-state index in [1.165, 1.54) is 5.69 Å². The summed E-state index contributed by atoms with van der Waals surface area (Å²) in [6, 6.07) is 8.13. The Morgan fingerprint density at radius 1 is 1.25 bits per heavy atom. The maximum atomic E-state index is 8.22. The van der Waals surface area contributed by atoms with Crippen LogP contribution in [0, 0.1) is 0 Å². The number of ether oxygens (including phenoxy) is 1. The van der Waals surface area contributed by atoms with Crippen molar-refractivity contribution in [3.8, 4) is 0 Å². The van der Waals surface area contributed by atoms with E-state index in [9.17, 15) is 0 Å². The van der Waals surface area contributed by atoms with E-state index in [2.05, 4.69) is 27.1 Å². The fourth-order valence-electron chi connectivity index (χ4n) is 1.75. The third-order valence-electron chi connectivity index (χ3n) is 2.63. The first-order valence-corrected chi connectivity index (χ1v) is 5.32. The molecule has 1 aliphatic rings. The maximum Gasteiger partial charge on any atom is 0.0642 e. The van der Waals surface area contributed by atoms with Crippen LogP contribution in [-0.4, -0.2) is 26.3 Å². The summed E-state index contributed by atoms with van der Waals surface area (Å²) >= 11 is 0. The number of rotatable bonds is 3. The number of hydrogen-bond acceptors (Lipinski definition) is 3. The third kappa shape index (κ3) is 2.66. The van der Waals surface area contributed by atoms with Crippen molar-refractivity contribution in [1.29, 1.82) is 0 Å². The van der Waals surface area contributed by atoms with Crippen LogP contribution in [0.1, 0.15) is 5.56 Å². The molecule has 1 aromatic rings. The van der Waals surface area contributed by atoms with Crippen molar-refractivity contribution < 1.29 is 4.74 Å². The van der Waals surface area contributed by atoms with Crippen molar-refractivity contribution in [3.05, 3.63) is 40.3 Å². The number of azide groups is 1. The number of hydrogen-bond donors (Lipinski definition) is 0. The van der Waals surface area contributed by atoms with Crippen molar-refractivity contribution in [2.45, 2.75) is 6.54 Å². The largest absolute Gasteiger partial charge is 0.378 e. The van der Waals surface area contributed by atoms with Crippen LogP contribution in [0.15, 0.2) is 29.4 Å². The lowest BCUT2D eigenvalue weighted by atomic mass is 10.2. The van der Waals surface area contributed by atoms with E-state index in [4.69, 9.17) is 10.3 Å². The highest BCUT2D eigenvalue weighted by Crippen LogP contribution is 2.16. The average molecular weight is 218 g/mol. The summed E-state index contributed by atoms with van der Waals surface area (Å²) in [6.07, 6.45) is 0. The normalized spacial score (nSPS) is 15.6. The van der Waals surface area contributed by atoms with E-state index >= 15 is 0 Å². The molecule has 0 aromatic heterocycles. The molecule has 1 aromatic carbocycles. The Labute approximate surface area is 94.3 Å². The number of anilines is 1. The number of morpholine rings is 1. The lowest BCUT2D eigenvalue weighted by Gasteiger charge is -2.28. The van der Waals surface area contributed by atoms with Gasteiger partial charge in [-0.2, -0.15) is 0 Å². The zero-order chi connectivity index (χ0) is 11.2. The summed E-state index contributed by atoms with van der Waals surface area (Å²) in [5, 5.41) is 3.53. The van der Waals surface area contributed by atoms with Crippen LogP contribution in [0.4, 0.5) is 5.69 Å². The molecule has 0 N–H and O–H groups in total. The monoisotopic (exact) mass is 218 g/mol. The number of nitrogens with zero attached hydrogens (tertiary/aromatic N) is 4. The Morgan fingerprint density at radius 2 is 1.94 bits per heavy atom. The fourth-order valence-corrected chi connectivity index (χ4v) is 1.75. The lowest BCUT2D eigenvalue weighted by molar-refractivity contribution is 0.122. The molecule has 0 unspecified atom stereocenters. The molecule has 0 saturated carbocycles. The summed E-state index contributed by atoms with van der Waals surface area (Å²) in [4.78, 5) is 5.03. The Morgan fingerprint density at radius 3 is 2.56 bits per heavy atom. The first-order valence-electron chi connectivity index (χ1n) is 5.32. The van der Waals surface area contributed by atoms with Gasteiger partial charge in [0.15, 0.2) is 0 Å². The topological polar surface area (TPSA) is 61.2 Å². The van der Waals surface area contributed by atoms with Gasteiger partial charge in [-0.3, -0.25) is 0 Å². The molecule has 5 heteroatoms. The standard InChI is InChI=1S/C11H14N4O/c12-14-13-9-10-1-3-11(4-2-10)15-5-7-16-8-6-15/h1-4H,5-9H2. The van der Waals surface area contributed by atoms with E-state index in [0.29, 0.717) is 6.54 Å². The van der Waals surface area contributed by atoms with E-state index in [0.717, 1.165) is 31.9 Å². The SMILES string of the molecule is [N-]=[N+]=NCc1ccc(N2CCOCC2)cc1. The summed E-state index contributed by atoms with van der Waals surface area (Å²) in [7, 11) is 0. The van der Waals surface area contributed by atoms with Crippen LogP contribution < -0.4 is 4.90 Å². The van der Waals surface area contributed by atoms with Crippen LogP contribution in [0.2, 0.25) is 0 Å². The second kappa shape index (κ2) is 5.39. The van der Waals surface area contributed by atoms with Gasteiger partial charge in [0.05, 0.1) is 19.8 Å². The van der Waals surface area contributed by atoms with E-state index in [1.807, 2.05) is 12.1 Å². The van der Waals surface area contributed by atoms with E-state index in [1.54, 1.807) is 0 Å². The summed E-state index contributed by atoms with van der Waals surface area (Å²) in [5.74, 6) is 0. The molecule has 0 aliphatic carbocycles. The van der Waals surface area contributed by atoms with Crippen molar-refractivity contribution >= 4 is 5.69 Å². The molecule has 0 spiro atoms. The van der Waals surface area contributed by atoms with Gasteiger partial charge in [0.25, 0.3) is 0 Å². The van der Waals surface area contributed by atoms with Crippen molar-refractivity contribution in [1.82, 2.24) is 0 Å². The minimum atomic E-state index is 0.417. The highest BCUT2D eigenvalue weighted by molar-refractivity contribution is 5.47. The van der Waals surface area contributed by atoms with E-state index < -0.39 is 0 Å². The highest BCUT2D eigenvalue weighted by Gasteiger charge is 2.10. The first-order chi connectivity index (χ1) is 7.90. The maximum absolute atomic E-state index is 8.22. The molecule has 1 saturated heterocycles. The average Bonchev–Trinajstić information content (AvgIpc) is 2.38. The molecule has 1 fully saturated rings. The molecule has 5 nitrogen and oxygen atoms in total. The molecule has 1 aliphatic heterocycles. The predicted octanol–water partition coefficient (Wildman–Crippen LogP) is 2.33. The third-order valence-corrected chi connectivity index (χ3v) is 2.63. The van der Waals surface area contributed by atoms with Crippen molar-refractivity contribution in [3.63, 3.8) is 0 Å². The van der Waals surface area contributed by atoms with Gasteiger partial charge in [0.1, 0.15) is 0 Å². The van der Waals surface area contributed by atoms with Gasteiger partial charge in [0.2, 0.25) is 0 Å². The van der Waals surface area contributed by atoms with Crippen molar-refractivity contribution in [2.75, 3.05) is 31.2 Å². The lowest BCUT2D eigenvalue weighted by Crippen LogP contribution is -2.36. The van der Waals surface area contributed by atoms with Crippen molar-refractivity contribution in [2.24, 2.45) is 5.11 Å². The molecule has 0 radical (unpaired) electrons. The smallest absolute Gasteiger partial charge is 0.0642 e. The Balaban J connectivity index is 2.03. The molecule has 0 amide bonds. The van der Waals surface area contributed by atoms with Gasteiger partial charge in [-0.25, -0.2) is 0 Å². The van der Waals surface area contributed by atoms with Gasteiger partial charge in [0, 0.05) is 23.7 Å². The summed E-state index contributed by atoms with van der Waals surface area (Å²) in [5.41, 5.74) is 10.5. The Kier molecular flexibility index (Phi) is 3.64. The van der Waals surface area contributed by atoms with Gasteiger partial charge in [-0.15, -0.1) is 0 Å². The summed E-state index contributed by atoms with van der Waals surface area (Å²) < 4.78 is 5.30. The molecule has 1 heterocycles. The molecule has 2 rings (SSSR count). The van der Waals surface area contributed by atoms with Crippen LogP contribution in [0.5, 0.6) is 0 Å². The van der Waals surface area contributed by atoms with Gasteiger partial charge < -0.3 is 9.64 Å². The van der Waals surface area contributed by atoms with Crippen LogP contribution in [-0.2, 0) is 11.3 Å². The first kappa shape index (κ1) is 10.8. The summed E-state index contributed by atoms with van der Waals surface area (Å²) in [6.45, 7) is 3.88. The fraction of sp³-hybridized carbons (Fsp3) is 0.455. The minimum absolute atomic E-state index is 0.417. The minimum Gasteiger partial charge on any atom is -0.378 e. The van der Waals surface area contributed by atoms with Gasteiger partial charge in [-0.05, 0) is 23.2 Å². The molecule has 84 valence electrons. The zero-order valence-corrected chi connectivity index (χ0v) is 9.04. The molecule has 0 atom stereocenters. The molecular weight excluding hydrogens is 204 g/mol. The molecule has 16 heavy (non-hydrogen) atoms. The molecular formula is C11H14N4O. The van der Waals surface area contributed by atoms with Crippen LogP contribution >= 0.6 is 0 Å². The molecule has 0 bridgehead atoms. The van der Waals surface area contributed by atoms with Crippen LogP contribution in [0.3, 0.4) is 0 Å². The van der Waals surface area contributed by atoms with Crippen LogP contribution in [0.25, 0.3) is 10.4 Å². The van der Waals surface area contributed by atoms with Gasteiger partial charge in [-0.1, -0.05) is 17.2 Å². The second-order valence-electron chi connectivity index (χ2n) is 3.65. The van der Waals surface area contributed by atoms with Gasteiger partial charge >= 0.3 is 0 Å². The number of benzene rings is 1.